The molecular formula is C17H21N3O. The number of carbonyl (C=O) groups is 1. The maximum atomic E-state index is 12.2. The van der Waals surface area contributed by atoms with Crippen LogP contribution in [0.25, 0.3) is 0 Å². The number of hydrogen-bond acceptors (Lipinski definition) is 3. The molecule has 1 aromatic heterocycles. The molecule has 4 nitrogen and oxygen atoms in total. The largest absolute Gasteiger partial charge is 0.372 e. The van der Waals surface area contributed by atoms with Gasteiger partial charge in [-0.25, -0.2) is 4.98 Å². The highest BCUT2D eigenvalue weighted by Gasteiger charge is 2.08. The Morgan fingerprint density at radius 1 is 1.14 bits per heavy atom. The number of benzene rings is 1. The number of anilines is 2. The van der Waals surface area contributed by atoms with Gasteiger partial charge in [0.1, 0.15) is 5.82 Å². The van der Waals surface area contributed by atoms with Crippen molar-refractivity contribution in [2.24, 2.45) is 0 Å². The molecule has 4 heteroatoms. The topological polar surface area (TPSA) is 45.2 Å². The molecule has 0 aliphatic carbocycles. The summed E-state index contributed by atoms with van der Waals surface area (Å²) in [4.78, 5) is 18.6. The second-order valence-corrected chi connectivity index (χ2v) is 4.89. The van der Waals surface area contributed by atoms with Gasteiger partial charge in [-0.05, 0) is 62.7 Å². The molecule has 1 aromatic carbocycles. The van der Waals surface area contributed by atoms with Crippen LogP contribution in [-0.4, -0.2) is 24.0 Å². The average Bonchev–Trinajstić information content (AvgIpc) is 2.49. The Morgan fingerprint density at radius 3 is 2.38 bits per heavy atom. The molecule has 0 radical (unpaired) electrons. The van der Waals surface area contributed by atoms with Gasteiger partial charge in [-0.2, -0.15) is 0 Å². The lowest BCUT2D eigenvalue weighted by Crippen LogP contribution is -2.21. The minimum absolute atomic E-state index is 0.140. The second-order valence-electron chi connectivity index (χ2n) is 4.89. The molecule has 2 rings (SSSR count). The second kappa shape index (κ2) is 6.88. The van der Waals surface area contributed by atoms with Crippen LogP contribution in [0.1, 0.15) is 29.8 Å². The number of carbonyl (C=O) groups excluding carboxylic acids is 1. The molecule has 110 valence electrons. The average molecular weight is 283 g/mol. The number of nitrogens with one attached hydrogen (secondary N) is 1. The molecule has 0 spiro atoms. The van der Waals surface area contributed by atoms with Crippen molar-refractivity contribution >= 4 is 17.4 Å². The lowest BCUT2D eigenvalue weighted by Gasteiger charge is -2.21. The van der Waals surface area contributed by atoms with Crippen molar-refractivity contribution in [1.29, 1.82) is 0 Å². The number of aromatic nitrogens is 1. The van der Waals surface area contributed by atoms with Gasteiger partial charge in [-0.15, -0.1) is 0 Å². The molecule has 21 heavy (non-hydrogen) atoms. The summed E-state index contributed by atoms with van der Waals surface area (Å²) in [6.45, 7) is 8.11. The van der Waals surface area contributed by atoms with Gasteiger partial charge in [-0.1, -0.05) is 0 Å². The van der Waals surface area contributed by atoms with Crippen LogP contribution in [0.2, 0.25) is 0 Å². The van der Waals surface area contributed by atoms with E-state index in [2.05, 4.69) is 29.0 Å². The zero-order valence-electron chi connectivity index (χ0n) is 12.8. The van der Waals surface area contributed by atoms with Gasteiger partial charge in [0.15, 0.2) is 0 Å². The van der Waals surface area contributed by atoms with E-state index in [0.29, 0.717) is 11.4 Å². The Balaban J connectivity index is 2.09. The van der Waals surface area contributed by atoms with Crippen molar-refractivity contribution in [3.8, 4) is 0 Å². The first-order valence-electron chi connectivity index (χ1n) is 7.23. The molecule has 0 aliphatic heterocycles. The minimum atomic E-state index is -0.140. The van der Waals surface area contributed by atoms with Crippen molar-refractivity contribution in [1.82, 2.24) is 4.98 Å². The number of nitrogens with zero attached hydrogens (tertiary/aromatic N) is 2. The van der Waals surface area contributed by atoms with E-state index in [4.69, 9.17) is 0 Å². The molecule has 1 amide bonds. The summed E-state index contributed by atoms with van der Waals surface area (Å²) < 4.78 is 0. The van der Waals surface area contributed by atoms with Crippen LogP contribution in [0.15, 0.2) is 42.6 Å². The fourth-order valence-electron chi connectivity index (χ4n) is 2.21. The quantitative estimate of drug-likeness (QED) is 0.913. The molecule has 0 atom stereocenters. The van der Waals surface area contributed by atoms with Crippen molar-refractivity contribution in [3.05, 3.63) is 53.7 Å². The number of pyridine rings is 1. The maximum absolute atomic E-state index is 12.2. The van der Waals surface area contributed by atoms with E-state index in [1.54, 1.807) is 6.20 Å². The zero-order valence-corrected chi connectivity index (χ0v) is 12.8. The first kappa shape index (κ1) is 15.0. The first-order chi connectivity index (χ1) is 10.1. The fraction of sp³-hybridized carbons (Fsp3) is 0.294. The summed E-state index contributed by atoms with van der Waals surface area (Å²) >= 11 is 0. The first-order valence-corrected chi connectivity index (χ1v) is 7.23. The van der Waals surface area contributed by atoms with Gasteiger partial charge in [-0.3, -0.25) is 4.79 Å². The number of amides is 1. The van der Waals surface area contributed by atoms with Crippen LogP contribution >= 0.6 is 0 Å². The smallest absolute Gasteiger partial charge is 0.256 e. The van der Waals surface area contributed by atoms with Gasteiger partial charge in [0.05, 0.1) is 0 Å². The van der Waals surface area contributed by atoms with Crippen molar-refractivity contribution in [3.63, 3.8) is 0 Å². The van der Waals surface area contributed by atoms with Crippen molar-refractivity contribution in [2.45, 2.75) is 20.8 Å². The molecule has 0 saturated carbocycles. The van der Waals surface area contributed by atoms with Crippen LogP contribution in [0.5, 0.6) is 0 Å². The van der Waals surface area contributed by atoms with E-state index >= 15 is 0 Å². The van der Waals surface area contributed by atoms with E-state index in [-0.39, 0.29) is 5.91 Å². The van der Waals surface area contributed by atoms with E-state index in [1.807, 2.05) is 43.3 Å². The van der Waals surface area contributed by atoms with Crippen LogP contribution < -0.4 is 10.2 Å². The van der Waals surface area contributed by atoms with Gasteiger partial charge in [0, 0.05) is 30.5 Å². The van der Waals surface area contributed by atoms with E-state index in [1.165, 1.54) is 0 Å². The van der Waals surface area contributed by atoms with Crippen LogP contribution in [0.4, 0.5) is 11.5 Å². The van der Waals surface area contributed by atoms with Gasteiger partial charge in [0.2, 0.25) is 0 Å². The van der Waals surface area contributed by atoms with Crippen molar-refractivity contribution < 1.29 is 4.79 Å². The Morgan fingerprint density at radius 2 is 1.81 bits per heavy atom. The lowest BCUT2D eigenvalue weighted by molar-refractivity contribution is 0.102. The number of hydrogen-bond donors (Lipinski definition) is 1. The highest BCUT2D eigenvalue weighted by Crippen LogP contribution is 2.16. The predicted octanol–water partition coefficient (Wildman–Crippen LogP) is 3.49. The number of aryl methyl sites for hydroxylation is 1. The van der Waals surface area contributed by atoms with Gasteiger partial charge < -0.3 is 10.2 Å². The highest BCUT2D eigenvalue weighted by molar-refractivity contribution is 6.03. The number of rotatable bonds is 5. The molecular weight excluding hydrogens is 262 g/mol. The Bertz CT molecular complexity index is 604. The standard InChI is InChI=1S/C17H21N3O/c1-4-20(5-2)15-8-6-14(7-9-15)17(21)19-16-12-13(3)10-11-18-16/h6-12H,4-5H2,1-3H3,(H,18,19,21). The van der Waals surface area contributed by atoms with Gasteiger partial charge >= 0.3 is 0 Å². The molecule has 0 fully saturated rings. The predicted molar refractivity (Wildman–Crippen MR) is 86.9 cm³/mol. The summed E-state index contributed by atoms with van der Waals surface area (Å²) in [7, 11) is 0. The monoisotopic (exact) mass is 283 g/mol. The van der Waals surface area contributed by atoms with Crippen LogP contribution in [0, 0.1) is 6.92 Å². The summed E-state index contributed by atoms with van der Waals surface area (Å²) in [5.74, 6) is 0.437. The molecule has 1 heterocycles. The molecule has 2 aromatic rings. The Hall–Kier alpha value is -2.36. The normalized spacial score (nSPS) is 10.2. The van der Waals surface area contributed by atoms with E-state index < -0.39 is 0 Å². The minimum Gasteiger partial charge on any atom is -0.372 e. The fourth-order valence-corrected chi connectivity index (χ4v) is 2.21. The SMILES string of the molecule is CCN(CC)c1ccc(C(=O)Nc2cc(C)ccn2)cc1. The third-order valence-corrected chi connectivity index (χ3v) is 3.42. The highest BCUT2D eigenvalue weighted by atomic mass is 16.1. The van der Waals surface area contributed by atoms with Crippen LogP contribution in [-0.2, 0) is 0 Å². The summed E-state index contributed by atoms with van der Waals surface area (Å²) in [5, 5.41) is 2.81. The zero-order chi connectivity index (χ0) is 15.2. The molecule has 0 saturated heterocycles. The summed E-state index contributed by atoms with van der Waals surface area (Å²) in [6, 6.07) is 11.4. The van der Waals surface area contributed by atoms with E-state index in [0.717, 1.165) is 24.3 Å². The van der Waals surface area contributed by atoms with E-state index in [9.17, 15) is 4.79 Å². The Labute approximate surface area is 125 Å². The molecule has 0 aliphatic rings. The van der Waals surface area contributed by atoms with Crippen LogP contribution in [0.3, 0.4) is 0 Å². The third kappa shape index (κ3) is 3.81. The lowest BCUT2D eigenvalue weighted by atomic mass is 10.1. The Kier molecular flexibility index (Phi) is 4.93. The third-order valence-electron chi connectivity index (χ3n) is 3.42. The maximum Gasteiger partial charge on any atom is 0.256 e. The van der Waals surface area contributed by atoms with Gasteiger partial charge in [0.25, 0.3) is 5.91 Å². The summed E-state index contributed by atoms with van der Waals surface area (Å²) in [5.41, 5.74) is 2.83. The summed E-state index contributed by atoms with van der Waals surface area (Å²) in [6.07, 6.45) is 1.69. The van der Waals surface area contributed by atoms with Crippen molar-refractivity contribution in [2.75, 3.05) is 23.3 Å². The molecule has 0 bridgehead atoms. The molecule has 1 N–H and O–H groups in total. The molecule has 0 unspecified atom stereocenters.